The number of nitrogens with one attached hydrogen (secondary N) is 2. The van der Waals surface area contributed by atoms with Crippen molar-refractivity contribution in [3.63, 3.8) is 0 Å². The Morgan fingerprint density at radius 1 is 1.07 bits per heavy atom. The molecule has 0 bridgehead atoms. The first kappa shape index (κ1) is 18.9. The second-order valence-corrected chi connectivity index (χ2v) is 7.22. The van der Waals surface area contributed by atoms with E-state index in [9.17, 15) is 4.79 Å². The Balaban J connectivity index is 1.57. The topological polar surface area (TPSA) is 106 Å². The van der Waals surface area contributed by atoms with E-state index in [1.807, 2.05) is 44.2 Å². The van der Waals surface area contributed by atoms with Crippen LogP contribution in [0.4, 0.5) is 5.95 Å². The number of hydrogen-bond donors (Lipinski definition) is 2. The average Bonchev–Trinajstić information content (AvgIpc) is 3.09. The molecule has 3 aromatic heterocycles. The predicted molar refractivity (Wildman–Crippen MR) is 110 cm³/mol. The molecule has 29 heavy (non-hydrogen) atoms. The molecule has 146 valence electrons. The fourth-order valence-electron chi connectivity index (χ4n) is 2.87. The van der Waals surface area contributed by atoms with Gasteiger partial charge in [-0.1, -0.05) is 30.0 Å². The van der Waals surface area contributed by atoms with Crippen LogP contribution in [-0.2, 0) is 5.75 Å². The van der Waals surface area contributed by atoms with Crippen LogP contribution >= 0.6 is 11.8 Å². The highest BCUT2D eigenvalue weighted by atomic mass is 32.2. The number of carbonyl (C=O) groups excluding carboxylic acids is 1. The number of rotatable bonds is 6. The van der Waals surface area contributed by atoms with Gasteiger partial charge in [0.05, 0.1) is 0 Å². The summed E-state index contributed by atoms with van der Waals surface area (Å²) in [6.45, 7) is 3.73. The maximum atomic E-state index is 12.8. The van der Waals surface area contributed by atoms with E-state index in [-0.39, 0.29) is 5.76 Å². The van der Waals surface area contributed by atoms with Gasteiger partial charge in [-0.3, -0.25) is 15.6 Å². The van der Waals surface area contributed by atoms with Gasteiger partial charge < -0.3 is 4.42 Å². The molecular formula is C20H18N6O2S. The van der Waals surface area contributed by atoms with Crippen molar-refractivity contribution in [3.05, 3.63) is 71.5 Å². The lowest BCUT2D eigenvalue weighted by Crippen LogP contribution is -2.30. The number of aryl methyl sites for hydroxylation is 2. The first-order valence-electron chi connectivity index (χ1n) is 8.89. The lowest BCUT2D eigenvalue weighted by molar-refractivity contribution is 0.0936. The van der Waals surface area contributed by atoms with E-state index in [1.54, 1.807) is 18.5 Å². The minimum absolute atomic E-state index is 0.228. The quantitative estimate of drug-likeness (QED) is 0.284. The molecule has 3 heterocycles. The number of hydrogen-bond acceptors (Lipinski definition) is 8. The van der Waals surface area contributed by atoms with Gasteiger partial charge in [0, 0.05) is 40.5 Å². The van der Waals surface area contributed by atoms with E-state index in [0.29, 0.717) is 22.4 Å². The molecule has 0 saturated carbocycles. The van der Waals surface area contributed by atoms with Crippen molar-refractivity contribution in [1.29, 1.82) is 0 Å². The minimum atomic E-state index is -0.409. The van der Waals surface area contributed by atoms with Crippen molar-refractivity contribution >= 4 is 34.6 Å². The molecule has 0 fully saturated rings. The molecule has 0 aliphatic carbocycles. The Hall–Kier alpha value is -3.46. The molecule has 0 unspecified atom stereocenters. The number of thioether (sulfide) groups is 1. The number of amides is 1. The van der Waals surface area contributed by atoms with E-state index in [4.69, 9.17) is 4.42 Å². The van der Waals surface area contributed by atoms with E-state index < -0.39 is 5.91 Å². The Labute approximate surface area is 171 Å². The van der Waals surface area contributed by atoms with Gasteiger partial charge in [0.15, 0.2) is 10.9 Å². The number of furan rings is 1. The van der Waals surface area contributed by atoms with Crippen LogP contribution < -0.4 is 10.9 Å². The molecule has 0 aliphatic heterocycles. The van der Waals surface area contributed by atoms with E-state index in [2.05, 4.69) is 30.8 Å². The summed E-state index contributed by atoms with van der Waals surface area (Å²) in [5.41, 5.74) is 8.40. The van der Waals surface area contributed by atoms with Crippen LogP contribution in [0.25, 0.3) is 11.0 Å². The Morgan fingerprint density at radius 3 is 2.55 bits per heavy atom. The van der Waals surface area contributed by atoms with Crippen molar-refractivity contribution in [3.8, 4) is 0 Å². The summed E-state index contributed by atoms with van der Waals surface area (Å²) < 4.78 is 5.84. The van der Waals surface area contributed by atoms with E-state index in [0.717, 1.165) is 22.3 Å². The summed E-state index contributed by atoms with van der Waals surface area (Å²) in [6, 6.07) is 11.2. The van der Waals surface area contributed by atoms with Crippen molar-refractivity contribution in [2.75, 3.05) is 5.43 Å². The van der Waals surface area contributed by atoms with Gasteiger partial charge in [-0.05, 0) is 32.0 Å². The van der Waals surface area contributed by atoms with Crippen LogP contribution in [0.1, 0.15) is 27.5 Å². The average molecular weight is 406 g/mol. The third-order valence-electron chi connectivity index (χ3n) is 4.06. The number of nitrogens with zero attached hydrogens (tertiary/aromatic N) is 4. The van der Waals surface area contributed by atoms with Crippen LogP contribution in [0.3, 0.4) is 0 Å². The molecular weight excluding hydrogens is 388 g/mol. The van der Waals surface area contributed by atoms with E-state index >= 15 is 0 Å². The van der Waals surface area contributed by atoms with Gasteiger partial charge in [-0.2, -0.15) is 0 Å². The fourth-order valence-corrected chi connectivity index (χ4v) is 3.70. The SMILES string of the molecule is Cc1cc(C)nc(NNC(=O)c2oc3ccccc3c2CSc2ncccn2)n1. The summed E-state index contributed by atoms with van der Waals surface area (Å²) in [6.07, 6.45) is 3.37. The highest BCUT2D eigenvalue weighted by Crippen LogP contribution is 2.30. The molecule has 2 N–H and O–H groups in total. The zero-order valence-electron chi connectivity index (χ0n) is 15.8. The van der Waals surface area contributed by atoms with Gasteiger partial charge in [0.1, 0.15) is 5.58 Å². The highest BCUT2D eigenvalue weighted by Gasteiger charge is 2.21. The summed E-state index contributed by atoms with van der Waals surface area (Å²) >= 11 is 1.44. The normalized spacial score (nSPS) is 10.8. The van der Waals surface area contributed by atoms with E-state index in [1.165, 1.54) is 11.8 Å². The Kier molecular flexibility index (Phi) is 5.39. The third-order valence-corrected chi connectivity index (χ3v) is 4.96. The first-order chi connectivity index (χ1) is 14.1. The van der Waals surface area contributed by atoms with Gasteiger partial charge in [-0.25, -0.2) is 19.9 Å². The summed E-state index contributed by atoms with van der Waals surface area (Å²) in [5.74, 6) is 0.629. The molecule has 0 aliphatic rings. The summed E-state index contributed by atoms with van der Waals surface area (Å²) in [4.78, 5) is 29.8. The summed E-state index contributed by atoms with van der Waals surface area (Å²) in [5, 5.41) is 1.51. The van der Waals surface area contributed by atoms with Gasteiger partial charge in [0.2, 0.25) is 5.95 Å². The van der Waals surface area contributed by atoms with Crippen molar-refractivity contribution in [2.45, 2.75) is 24.8 Å². The Morgan fingerprint density at radius 2 is 1.79 bits per heavy atom. The number of para-hydroxylation sites is 1. The van der Waals surface area contributed by atoms with Crippen molar-refractivity contribution in [1.82, 2.24) is 25.4 Å². The van der Waals surface area contributed by atoms with Crippen LogP contribution in [0.15, 0.2) is 58.4 Å². The number of benzene rings is 1. The molecule has 1 amide bonds. The minimum Gasteiger partial charge on any atom is -0.451 e. The lowest BCUT2D eigenvalue weighted by Gasteiger charge is -2.08. The number of carbonyl (C=O) groups is 1. The predicted octanol–water partition coefficient (Wildman–Crippen LogP) is 3.68. The first-order valence-corrected chi connectivity index (χ1v) is 9.87. The number of aromatic nitrogens is 4. The van der Waals surface area contributed by atoms with Gasteiger partial charge >= 0.3 is 5.91 Å². The van der Waals surface area contributed by atoms with Crippen LogP contribution in [-0.4, -0.2) is 25.8 Å². The van der Waals surface area contributed by atoms with Gasteiger partial charge in [-0.15, -0.1) is 0 Å². The maximum Gasteiger partial charge on any atom is 0.305 e. The van der Waals surface area contributed by atoms with Gasteiger partial charge in [0.25, 0.3) is 0 Å². The van der Waals surface area contributed by atoms with Crippen LogP contribution in [0.2, 0.25) is 0 Å². The van der Waals surface area contributed by atoms with Crippen LogP contribution in [0.5, 0.6) is 0 Å². The molecule has 1 aromatic carbocycles. The number of fused-ring (bicyclic) bond motifs is 1. The smallest absolute Gasteiger partial charge is 0.305 e. The second-order valence-electron chi connectivity index (χ2n) is 6.28. The molecule has 0 spiro atoms. The Bertz CT molecular complexity index is 1140. The van der Waals surface area contributed by atoms with Crippen molar-refractivity contribution < 1.29 is 9.21 Å². The van der Waals surface area contributed by atoms with Crippen molar-refractivity contribution in [2.24, 2.45) is 0 Å². The lowest BCUT2D eigenvalue weighted by atomic mass is 10.1. The number of hydrazine groups is 1. The van der Waals surface area contributed by atoms with Crippen LogP contribution in [0, 0.1) is 13.8 Å². The molecule has 0 saturated heterocycles. The highest BCUT2D eigenvalue weighted by molar-refractivity contribution is 7.98. The molecule has 9 heteroatoms. The molecule has 8 nitrogen and oxygen atoms in total. The number of anilines is 1. The fraction of sp³-hybridized carbons (Fsp3) is 0.150. The monoisotopic (exact) mass is 406 g/mol. The molecule has 4 aromatic rings. The molecule has 0 atom stereocenters. The maximum absolute atomic E-state index is 12.8. The largest absolute Gasteiger partial charge is 0.451 e. The summed E-state index contributed by atoms with van der Waals surface area (Å²) in [7, 11) is 0. The zero-order valence-corrected chi connectivity index (χ0v) is 16.7. The third kappa shape index (κ3) is 4.35. The molecule has 0 radical (unpaired) electrons. The molecule has 4 rings (SSSR count). The zero-order chi connectivity index (χ0) is 20.2. The second kappa shape index (κ2) is 8.27. The standard InChI is InChI=1S/C20H18N6O2S/c1-12-10-13(2)24-19(23-12)26-25-18(27)17-15(11-29-20-21-8-5-9-22-20)14-6-3-4-7-16(14)28-17/h3-10H,11H2,1-2H3,(H,25,27)(H,23,24,26).